The predicted octanol–water partition coefficient (Wildman–Crippen LogP) is 9.25. The summed E-state index contributed by atoms with van der Waals surface area (Å²) in [6.45, 7) is 7.73. The molecule has 0 aliphatic rings. The lowest BCUT2D eigenvalue weighted by Gasteiger charge is -2.07. The first-order valence-corrected chi connectivity index (χ1v) is 16.9. The summed E-state index contributed by atoms with van der Waals surface area (Å²) in [5.74, 6) is -2.62. The highest BCUT2D eigenvalue weighted by atomic mass is 16.5. The fraction of sp³-hybridized carbons (Fsp3) is 0.667. The third-order valence-corrected chi connectivity index (χ3v) is 6.95. The Balaban J connectivity index is 0.000000853. The Hall–Kier alpha value is -3.16. The molecule has 0 fully saturated rings. The molecular weight excluding hydrogens is 560 g/mol. The van der Waals surface area contributed by atoms with Crippen molar-refractivity contribution in [2.75, 3.05) is 19.8 Å². The molecule has 1 rings (SSSR count). The Morgan fingerprint density at radius 2 is 0.864 bits per heavy atom. The number of hydrogen-bond donors (Lipinski definition) is 1. The second kappa shape index (κ2) is 29.9. The van der Waals surface area contributed by atoms with Crippen LogP contribution in [0.2, 0.25) is 0 Å². The molecule has 0 saturated heterocycles. The van der Waals surface area contributed by atoms with Crippen LogP contribution in [-0.4, -0.2) is 48.8 Å². The van der Waals surface area contributed by atoms with Gasteiger partial charge in [0, 0.05) is 12.2 Å². The van der Waals surface area contributed by atoms with E-state index in [4.69, 9.17) is 19.3 Å². The Bertz CT molecular complexity index is 892. The number of ether oxygens (including phenoxy) is 3. The van der Waals surface area contributed by atoms with Crippen molar-refractivity contribution in [2.24, 2.45) is 0 Å². The molecule has 0 aromatic heterocycles. The van der Waals surface area contributed by atoms with Crippen molar-refractivity contribution in [2.45, 2.75) is 136 Å². The number of benzene rings is 1. The maximum absolute atomic E-state index is 11.8. The number of rotatable bonds is 25. The monoisotopic (exact) mass is 618 g/mol. The number of unbranched alkanes of at least 4 members (excludes halogenated alkanes) is 15. The topological polar surface area (TPSA) is 116 Å². The van der Waals surface area contributed by atoms with E-state index < -0.39 is 23.9 Å². The van der Waals surface area contributed by atoms with Crippen molar-refractivity contribution >= 4 is 23.9 Å². The molecule has 0 unspecified atom stereocenters. The summed E-state index contributed by atoms with van der Waals surface area (Å²) in [5.41, 5.74) is 0.103. The van der Waals surface area contributed by atoms with Crippen molar-refractivity contribution in [1.82, 2.24) is 0 Å². The summed E-state index contributed by atoms with van der Waals surface area (Å²) < 4.78 is 15.2. The molecule has 1 N–H and O–H groups in total. The number of aromatic carboxylic acids is 1. The van der Waals surface area contributed by atoms with Crippen LogP contribution in [0.4, 0.5) is 0 Å². The average Bonchev–Trinajstić information content (AvgIpc) is 3.02. The second-order valence-electron chi connectivity index (χ2n) is 11.0. The Morgan fingerprint density at radius 1 is 0.523 bits per heavy atom. The first-order valence-electron chi connectivity index (χ1n) is 16.9. The minimum absolute atomic E-state index is 0.0135. The molecule has 8 nitrogen and oxygen atoms in total. The maximum atomic E-state index is 11.8. The van der Waals surface area contributed by atoms with E-state index in [1.54, 1.807) is 12.1 Å². The molecule has 44 heavy (non-hydrogen) atoms. The molecule has 0 saturated carbocycles. The van der Waals surface area contributed by atoms with Crippen LogP contribution in [0.15, 0.2) is 36.4 Å². The molecule has 0 aliphatic heterocycles. The zero-order chi connectivity index (χ0) is 32.7. The Morgan fingerprint density at radius 3 is 1.25 bits per heavy atom. The van der Waals surface area contributed by atoms with Gasteiger partial charge in [-0.3, -0.25) is 0 Å². The normalized spacial score (nSPS) is 10.6. The number of esters is 3. The first-order chi connectivity index (χ1) is 21.4. The smallest absolute Gasteiger partial charge is 0.339 e. The van der Waals surface area contributed by atoms with Gasteiger partial charge in [0.1, 0.15) is 0 Å². The highest BCUT2D eigenvalue weighted by Crippen LogP contribution is 2.12. The van der Waals surface area contributed by atoms with Crippen molar-refractivity contribution in [1.29, 1.82) is 0 Å². The number of carbonyl (C=O) groups is 4. The van der Waals surface area contributed by atoms with Gasteiger partial charge in [-0.1, -0.05) is 129 Å². The summed E-state index contributed by atoms with van der Waals surface area (Å²) in [7, 11) is 0. The molecule has 8 heteroatoms. The van der Waals surface area contributed by atoms with Gasteiger partial charge in [-0.2, -0.15) is 0 Å². The van der Waals surface area contributed by atoms with E-state index >= 15 is 0 Å². The molecule has 0 amide bonds. The Labute approximate surface area is 265 Å². The van der Waals surface area contributed by atoms with Gasteiger partial charge >= 0.3 is 23.9 Å². The summed E-state index contributed by atoms with van der Waals surface area (Å²) in [6.07, 6.45) is 22.8. The van der Waals surface area contributed by atoms with E-state index in [2.05, 4.69) is 20.8 Å². The van der Waals surface area contributed by atoms with Crippen molar-refractivity contribution in [3.63, 3.8) is 0 Å². The third kappa shape index (κ3) is 24.3. The second-order valence-corrected chi connectivity index (χ2v) is 11.0. The number of hydrogen-bond acceptors (Lipinski definition) is 7. The average molecular weight is 619 g/mol. The van der Waals surface area contributed by atoms with Crippen molar-refractivity contribution in [3.8, 4) is 0 Å². The maximum Gasteiger partial charge on any atom is 0.339 e. The van der Waals surface area contributed by atoms with Crippen LogP contribution in [0.25, 0.3) is 0 Å². The highest BCUT2D eigenvalue weighted by Gasteiger charge is 2.16. The minimum Gasteiger partial charge on any atom is -0.478 e. The molecule has 0 bridgehead atoms. The van der Waals surface area contributed by atoms with E-state index in [1.807, 2.05) is 0 Å². The predicted molar refractivity (Wildman–Crippen MR) is 175 cm³/mol. The van der Waals surface area contributed by atoms with Gasteiger partial charge < -0.3 is 19.3 Å². The zero-order valence-electron chi connectivity index (χ0n) is 27.6. The fourth-order valence-corrected chi connectivity index (χ4v) is 4.32. The summed E-state index contributed by atoms with van der Waals surface area (Å²) in [6, 6.07) is 6.11. The van der Waals surface area contributed by atoms with Gasteiger partial charge in [0.25, 0.3) is 0 Å². The molecule has 0 radical (unpaired) electrons. The van der Waals surface area contributed by atoms with E-state index in [9.17, 15) is 19.2 Å². The summed E-state index contributed by atoms with van der Waals surface area (Å²) in [5, 5.41) is 9.00. The van der Waals surface area contributed by atoms with Crippen LogP contribution in [0.3, 0.4) is 0 Å². The molecule has 0 spiro atoms. The van der Waals surface area contributed by atoms with Crippen molar-refractivity contribution in [3.05, 3.63) is 47.5 Å². The van der Waals surface area contributed by atoms with Crippen LogP contribution < -0.4 is 0 Å². The lowest BCUT2D eigenvalue weighted by molar-refractivity contribution is -0.140. The summed E-state index contributed by atoms with van der Waals surface area (Å²) >= 11 is 0. The lowest BCUT2D eigenvalue weighted by Crippen LogP contribution is -2.12. The standard InChI is InChI=1S/C20H36O4.C16H22O4/c1-3-5-7-9-11-13-17-23-19(21)15-16-20(22)24-18-14-12-10-8-6-4-2;1-2-3-4-5-6-9-12-20-16(19)14-11-8-7-10-13(14)15(17)18/h15-16H,3-14,17-18H2,1-2H3;7-8,10-11H,2-6,9,12H2,1H3,(H,17,18)/b16-15-;. The van der Waals surface area contributed by atoms with Gasteiger partial charge in [0.15, 0.2) is 0 Å². The van der Waals surface area contributed by atoms with Crippen LogP contribution >= 0.6 is 0 Å². The number of carboxylic acid groups (broad SMARTS) is 1. The van der Waals surface area contributed by atoms with Crippen molar-refractivity contribution < 1.29 is 38.5 Å². The summed E-state index contributed by atoms with van der Waals surface area (Å²) in [4.78, 5) is 45.7. The highest BCUT2D eigenvalue weighted by molar-refractivity contribution is 6.02. The molecular formula is C36H58O8. The quantitative estimate of drug-likeness (QED) is 0.0499. The molecule has 0 atom stereocenters. The largest absolute Gasteiger partial charge is 0.478 e. The van der Waals surface area contributed by atoms with Crippen LogP contribution in [0.1, 0.15) is 157 Å². The van der Waals surface area contributed by atoms with Crippen LogP contribution in [-0.2, 0) is 23.8 Å². The molecule has 250 valence electrons. The molecule has 1 aromatic carbocycles. The van der Waals surface area contributed by atoms with Gasteiger partial charge in [0.2, 0.25) is 0 Å². The SMILES string of the molecule is CCCCCCCCOC(=O)/C=C\C(=O)OCCCCCCCC.CCCCCCCCOC(=O)c1ccccc1C(=O)O. The Kier molecular flexibility index (Phi) is 27.7. The van der Waals surface area contributed by atoms with E-state index in [0.717, 1.165) is 57.1 Å². The van der Waals surface area contributed by atoms with Gasteiger partial charge in [-0.15, -0.1) is 0 Å². The van der Waals surface area contributed by atoms with Gasteiger partial charge in [-0.05, 0) is 31.4 Å². The molecule has 0 aliphatic carbocycles. The fourth-order valence-electron chi connectivity index (χ4n) is 4.32. The van der Waals surface area contributed by atoms with E-state index in [1.165, 1.54) is 82.8 Å². The third-order valence-electron chi connectivity index (χ3n) is 6.95. The number of carbonyl (C=O) groups excluding carboxylic acids is 3. The van der Waals surface area contributed by atoms with Crippen LogP contribution in [0, 0.1) is 0 Å². The van der Waals surface area contributed by atoms with E-state index in [0.29, 0.717) is 19.8 Å². The molecule has 1 aromatic rings. The van der Waals surface area contributed by atoms with Gasteiger partial charge in [-0.25, -0.2) is 19.2 Å². The first kappa shape index (κ1) is 40.8. The van der Waals surface area contributed by atoms with E-state index in [-0.39, 0.29) is 11.1 Å². The van der Waals surface area contributed by atoms with Gasteiger partial charge in [0.05, 0.1) is 30.9 Å². The zero-order valence-corrected chi connectivity index (χ0v) is 27.6. The lowest BCUT2D eigenvalue weighted by atomic mass is 10.1. The van der Waals surface area contributed by atoms with Crippen LogP contribution in [0.5, 0.6) is 0 Å². The molecule has 0 heterocycles. The number of carboxylic acids is 1. The minimum atomic E-state index is -1.11.